The predicted octanol–water partition coefficient (Wildman–Crippen LogP) is 3.45. The molecule has 1 heterocycles. The van der Waals surface area contributed by atoms with E-state index in [1.165, 1.54) is 16.1 Å². The number of aryl methyl sites for hydroxylation is 1. The number of benzene rings is 1. The van der Waals surface area contributed by atoms with Crippen LogP contribution in [-0.4, -0.2) is 13.6 Å². The maximum absolute atomic E-state index is 6.20. The van der Waals surface area contributed by atoms with Gasteiger partial charge < -0.3 is 10.6 Å². The minimum absolute atomic E-state index is 0.0841. The molecule has 2 rings (SSSR count). The van der Waals surface area contributed by atoms with Crippen molar-refractivity contribution >= 4 is 17.0 Å². The van der Waals surface area contributed by atoms with Crippen LogP contribution in [0.15, 0.2) is 41.8 Å². The van der Waals surface area contributed by atoms with E-state index in [4.69, 9.17) is 5.73 Å². The molecule has 0 aliphatic rings. The van der Waals surface area contributed by atoms with E-state index in [0.717, 1.165) is 13.0 Å². The van der Waals surface area contributed by atoms with Crippen LogP contribution < -0.4 is 10.6 Å². The highest BCUT2D eigenvalue weighted by molar-refractivity contribution is 7.10. The number of thiophene rings is 1. The minimum Gasteiger partial charge on any atom is -0.373 e. The molecular formula is C15H20N2S. The number of anilines is 1. The Hall–Kier alpha value is -1.32. The molecule has 2 aromatic rings. The molecule has 96 valence electrons. The molecular weight excluding hydrogens is 240 g/mol. The Morgan fingerprint density at radius 3 is 2.50 bits per heavy atom. The summed E-state index contributed by atoms with van der Waals surface area (Å²) in [6.07, 6.45) is 1.08. The van der Waals surface area contributed by atoms with Crippen molar-refractivity contribution in [1.29, 1.82) is 0 Å². The first kappa shape index (κ1) is 13.1. The lowest BCUT2D eigenvalue weighted by Gasteiger charge is -2.23. The van der Waals surface area contributed by atoms with Crippen molar-refractivity contribution in [1.82, 2.24) is 0 Å². The average molecular weight is 260 g/mol. The van der Waals surface area contributed by atoms with Crippen molar-refractivity contribution < 1.29 is 0 Å². The van der Waals surface area contributed by atoms with Crippen molar-refractivity contribution in [2.75, 3.05) is 18.5 Å². The van der Waals surface area contributed by atoms with Crippen LogP contribution in [0.3, 0.4) is 0 Å². The maximum Gasteiger partial charge on any atom is 0.0567 e. The van der Waals surface area contributed by atoms with E-state index in [9.17, 15) is 0 Å². The van der Waals surface area contributed by atoms with Gasteiger partial charge in [-0.2, -0.15) is 0 Å². The summed E-state index contributed by atoms with van der Waals surface area (Å²) in [5, 5.41) is 2.07. The van der Waals surface area contributed by atoms with Gasteiger partial charge in [-0.25, -0.2) is 0 Å². The Morgan fingerprint density at radius 2 is 1.94 bits per heavy atom. The van der Waals surface area contributed by atoms with Crippen LogP contribution in [0.5, 0.6) is 0 Å². The van der Waals surface area contributed by atoms with E-state index in [2.05, 4.69) is 60.6 Å². The van der Waals surface area contributed by atoms with Gasteiger partial charge in [-0.3, -0.25) is 0 Å². The summed E-state index contributed by atoms with van der Waals surface area (Å²) in [5.41, 5.74) is 8.79. The number of nitrogens with two attached hydrogens (primary N) is 1. The number of hydrogen-bond donors (Lipinski definition) is 1. The Labute approximate surface area is 113 Å². The molecule has 2 N–H and O–H groups in total. The molecule has 0 saturated carbocycles. The van der Waals surface area contributed by atoms with E-state index in [0.29, 0.717) is 0 Å². The number of hydrogen-bond acceptors (Lipinski definition) is 3. The van der Waals surface area contributed by atoms with Gasteiger partial charge in [0.15, 0.2) is 0 Å². The van der Waals surface area contributed by atoms with Crippen molar-refractivity contribution in [3.05, 3.63) is 52.2 Å². The molecule has 0 saturated heterocycles. The van der Waals surface area contributed by atoms with Crippen molar-refractivity contribution in [3.63, 3.8) is 0 Å². The quantitative estimate of drug-likeness (QED) is 0.892. The number of rotatable bonds is 5. The minimum atomic E-state index is 0.0841. The number of nitrogens with zero attached hydrogens (tertiary/aromatic N) is 1. The summed E-state index contributed by atoms with van der Waals surface area (Å²) in [5.74, 6) is 0. The Morgan fingerprint density at radius 1 is 1.22 bits per heavy atom. The highest BCUT2D eigenvalue weighted by Crippen LogP contribution is 2.20. The van der Waals surface area contributed by atoms with E-state index in [-0.39, 0.29) is 6.04 Å². The Bertz CT molecular complexity index is 462. The molecule has 1 aromatic heterocycles. The van der Waals surface area contributed by atoms with Crippen LogP contribution >= 0.6 is 11.3 Å². The fourth-order valence-corrected chi connectivity index (χ4v) is 2.70. The molecule has 0 amide bonds. The van der Waals surface area contributed by atoms with E-state index < -0.39 is 0 Å². The van der Waals surface area contributed by atoms with Crippen LogP contribution in [0, 0.1) is 0 Å². The molecule has 0 aliphatic heterocycles. The van der Waals surface area contributed by atoms with Gasteiger partial charge in [0.25, 0.3) is 0 Å². The fraction of sp³-hybridized carbons (Fsp3) is 0.333. The van der Waals surface area contributed by atoms with Crippen LogP contribution in [-0.2, 0) is 6.42 Å². The van der Waals surface area contributed by atoms with Crippen LogP contribution in [0.1, 0.15) is 23.4 Å². The third-order valence-corrected chi connectivity index (χ3v) is 4.17. The van der Waals surface area contributed by atoms with Gasteiger partial charge in [0.05, 0.1) is 6.04 Å². The molecule has 18 heavy (non-hydrogen) atoms. The lowest BCUT2D eigenvalue weighted by molar-refractivity contribution is 0.715. The smallest absolute Gasteiger partial charge is 0.0567 e. The topological polar surface area (TPSA) is 29.3 Å². The lowest BCUT2D eigenvalue weighted by atomic mass is 10.1. The van der Waals surface area contributed by atoms with Gasteiger partial charge in [0, 0.05) is 24.2 Å². The lowest BCUT2D eigenvalue weighted by Crippen LogP contribution is -2.28. The van der Waals surface area contributed by atoms with E-state index >= 15 is 0 Å². The summed E-state index contributed by atoms with van der Waals surface area (Å²) in [6.45, 7) is 3.01. The highest BCUT2D eigenvalue weighted by Gasteiger charge is 2.10. The molecule has 3 heteroatoms. The first-order valence-electron chi connectivity index (χ1n) is 6.29. The summed E-state index contributed by atoms with van der Waals surface area (Å²) in [7, 11) is 2.09. The van der Waals surface area contributed by atoms with Gasteiger partial charge in [0.2, 0.25) is 0 Å². The standard InChI is InChI=1S/C15H20N2S/c1-3-12-6-8-13(9-7-12)17(2)11-14(16)15-5-4-10-18-15/h4-10,14H,3,11,16H2,1-2H3. The molecule has 0 bridgehead atoms. The molecule has 0 spiro atoms. The Kier molecular flexibility index (Phi) is 4.39. The molecule has 0 radical (unpaired) electrons. The largest absolute Gasteiger partial charge is 0.373 e. The number of likely N-dealkylation sites (N-methyl/N-ethyl adjacent to an activating group) is 1. The molecule has 1 unspecified atom stereocenters. The second kappa shape index (κ2) is 6.03. The molecule has 1 aromatic carbocycles. The van der Waals surface area contributed by atoms with Gasteiger partial charge in [-0.1, -0.05) is 25.1 Å². The first-order valence-corrected chi connectivity index (χ1v) is 7.17. The monoisotopic (exact) mass is 260 g/mol. The normalized spacial score (nSPS) is 12.4. The van der Waals surface area contributed by atoms with Gasteiger partial charge in [-0.05, 0) is 35.6 Å². The van der Waals surface area contributed by atoms with Crippen LogP contribution in [0.4, 0.5) is 5.69 Å². The molecule has 1 atom stereocenters. The average Bonchev–Trinajstić information content (AvgIpc) is 2.92. The third-order valence-electron chi connectivity index (χ3n) is 3.16. The highest BCUT2D eigenvalue weighted by atomic mass is 32.1. The summed E-state index contributed by atoms with van der Waals surface area (Å²) >= 11 is 1.72. The van der Waals surface area contributed by atoms with Gasteiger partial charge in [-0.15, -0.1) is 11.3 Å². The Balaban J connectivity index is 2.00. The van der Waals surface area contributed by atoms with E-state index in [1.807, 2.05) is 0 Å². The summed E-state index contributed by atoms with van der Waals surface area (Å²) in [6, 6.07) is 12.9. The van der Waals surface area contributed by atoms with Gasteiger partial charge in [0.1, 0.15) is 0 Å². The first-order chi connectivity index (χ1) is 8.70. The van der Waals surface area contributed by atoms with Crippen molar-refractivity contribution in [2.24, 2.45) is 5.73 Å². The van der Waals surface area contributed by atoms with Crippen LogP contribution in [0.2, 0.25) is 0 Å². The summed E-state index contributed by atoms with van der Waals surface area (Å²) in [4.78, 5) is 3.45. The van der Waals surface area contributed by atoms with Crippen molar-refractivity contribution in [3.8, 4) is 0 Å². The predicted molar refractivity (Wildman–Crippen MR) is 80.3 cm³/mol. The maximum atomic E-state index is 6.20. The fourth-order valence-electron chi connectivity index (χ4n) is 1.98. The van der Waals surface area contributed by atoms with Crippen LogP contribution in [0.25, 0.3) is 0 Å². The second-order valence-corrected chi connectivity index (χ2v) is 5.50. The molecule has 0 fully saturated rings. The van der Waals surface area contributed by atoms with Gasteiger partial charge >= 0.3 is 0 Å². The molecule has 0 aliphatic carbocycles. The van der Waals surface area contributed by atoms with Crippen molar-refractivity contribution in [2.45, 2.75) is 19.4 Å². The zero-order valence-corrected chi connectivity index (χ0v) is 11.8. The molecule has 2 nitrogen and oxygen atoms in total. The zero-order chi connectivity index (χ0) is 13.0. The zero-order valence-electron chi connectivity index (χ0n) is 11.0. The SMILES string of the molecule is CCc1ccc(N(C)CC(N)c2cccs2)cc1. The summed E-state index contributed by atoms with van der Waals surface area (Å²) < 4.78 is 0. The second-order valence-electron chi connectivity index (χ2n) is 4.52. The third kappa shape index (κ3) is 3.12. The van der Waals surface area contributed by atoms with E-state index in [1.54, 1.807) is 11.3 Å².